The highest BCUT2D eigenvalue weighted by molar-refractivity contribution is 9.10. The van der Waals surface area contributed by atoms with Gasteiger partial charge in [0.05, 0.1) is 9.35 Å². The van der Waals surface area contributed by atoms with Crippen LogP contribution in [0.4, 0.5) is 4.39 Å². The molecule has 15 heavy (non-hydrogen) atoms. The zero-order chi connectivity index (χ0) is 10.8. The maximum Gasteiger partial charge on any atom is 0.204 e. The molecule has 1 nitrogen and oxygen atoms in total. The van der Waals surface area contributed by atoms with E-state index in [1.54, 1.807) is 18.2 Å². The van der Waals surface area contributed by atoms with E-state index in [0.717, 1.165) is 0 Å². The lowest BCUT2D eigenvalue weighted by Crippen LogP contribution is -2.00. The number of carbonyl (C=O) groups is 1. The molecule has 76 valence electrons. The first-order chi connectivity index (χ1) is 7.20. The van der Waals surface area contributed by atoms with E-state index in [0.29, 0.717) is 10.4 Å². The van der Waals surface area contributed by atoms with Crippen LogP contribution in [0, 0.1) is 5.82 Å². The van der Waals surface area contributed by atoms with Gasteiger partial charge in [-0.05, 0) is 39.5 Å². The SMILES string of the molecule is O=C(c1cccs1)c1cccc(F)c1Br. The Labute approximate surface area is 98.7 Å². The molecule has 0 atom stereocenters. The molecule has 0 spiro atoms. The fourth-order valence-corrected chi connectivity index (χ4v) is 2.34. The van der Waals surface area contributed by atoms with Crippen molar-refractivity contribution < 1.29 is 9.18 Å². The molecule has 1 heterocycles. The van der Waals surface area contributed by atoms with Gasteiger partial charge in [0.15, 0.2) is 0 Å². The van der Waals surface area contributed by atoms with E-state index in [4.69, 9.17) is 0 Å². The van der Waals surface area contributed by atoms with Gasteiger partial charge < -0.3 is 0 Å². The molecule has 0 unspecified atom stereocenters. The summed E-state index contributed by atoms with van der Waals surface area (Å²) in [4.78, 5) is 12.5. The van der Waals surface area contributed by atoms with Crippen LogP contribution >= 0.6 is 27.3 Å². The molecule has 0 amide bonds. The van der Waals surface area contributed by atoms with Crippen LogP contribution < -0.4 is 0 Å². The van der Waals surface area contributed by atoms with Gasteiger partial charge in [0.25, 0.3) is 0 Å². The molecule has 2 rings (SSSR count). The number of thiophene rings is 1. The van der Waals surface area contributed by atoms with Crippen LogP contribution in [0.15, 0.2) is 40.2 Å². The molecular formula is C11H6BrFOS. The van der Waals surface area contributed by atoms with Crippen LogP contribution in [0.25, 0.3) is 0 Å². The fourth-order valence-electron chi connectivity index (χ4n) is 1.22. The molecule has 0 fully saturated rings. The van der Waals surface area contributed by atoms with Crippen molar-refractivity contribution in [1.82, 2.24) is 0 Å². The number of carbonyl (C=O) groups excluding carboxylic acids is 1. The highest BCUT2D eigenvalue weighted by atomic mass is 79.9. The average Bonchev–Trinajstić information content (AvgIpc) is 2.74. The number of ketones is 1. The van der Waals surface area contributed by atoms with Gasteiger partial charge in [-0.1, -0.05) is 12.1 Å². The lowest BCUT2D eigenvalue weighted by atomic mass is 10.1. The summed E-state index contributed by atoms with van der Waals surface area (Å²) in [6.07, 6.45) is 0. The van der Waals surface area contributed by atoms with E-state index in [1.165, 1.54) is 23.5 Å². The molecule has 0 saturated heterocycles. The third-order valence-electron chi connectivity index (χ3n) is 1.94. The molecule has 0 aliphatic carbocycles. The van der Waals surface area contributed by atoms with Gasteiger partial charge in [-0.3, -0.25) is 4.79 Å². The van der Waals surface area contributed by atoms with E-state index < -0.39 is 5.82 Å². The molecule has 1 aromatic heterocycles. The summed E-state index contributed by atoms with van der Waals surface area (Å²) in [5.41, 5.74) is 0.359. The highest BCUT2D eigenvalue weighted by Crippen LogP contribution is 2.24. The lowest BCUT2D eigenvalue weighted by molar-refractivity contribution is 0.104. The lowest BCUT2D eigenvalue weighted by Gasteiger charge is -2.02. The Bertz CT molecular complexity index is 493. The second-order valence-electron chi connectivity index (χ2n) is 2.91. The Balaban J connectivity index is 2.47. The number of halogens is 2. The second kappa shape index (κ2) is 4.24. The van der Waals surface area contributed by atoms with E-state index in [1.807, 2.05) is 5.38 Å². The Kier molecular flexibility index (Phi) is 2.98. The standard InChI is InChI=1S/C11H6BrFOS/c12-10-7(3-1-4-8(10)13)11(14)9-5-2-6-15-9/h1-6H. The third-order valence-corrected chi connectivity index (χ3v) is 3.62. The van der Waals surface area contributed by atoms with Gasteiger partial charge in [0.1, 0.15) is 5.82 Å². The van der Waals surface area contributed by atoms with Gasteiger partial charge in [-0.2, -0.15) is 0 Å². The molecule has 0 saturated carbocycles. The van der Waals surface area contributed by atoms with E-state index in [9.17, 15) is 9.18 Å². The van der Waals surface area contributed by atoms with E-state index >= 15 is 0 Å². The van der Waals surface area contributed by atoms with Gasteiger partial charge in [-0.15, -0.1) is 11.3 Å². The van der Waals surface area contributed by atoms with Gasteiger partial charge in [0.2, 0.25) is 5.78 Å². The Morgan fingerprint density at radius 2 is 2.07 bits per heavy atom. The molecule has 0 aliphatic heterocycles. The molecule has 0 aliphatic rings. The van der Waals surface area contributed by atoms with Crippen LogP contribution in [0.1, 0.15) is 15.2 Å². The summed E-state index contributed by atoms with van der Waals surface area (Å²) < 4.78 is 13.4. The van der Waals surface area contributed by atoms with E-state index in [2.05, 4.69) is 15.9 Å². The van der Waals surface area contributed by atoms with Gasteiger partial charge in [0, 0.05) is 5.56 Å². The molecule has 2 aromatic rings. The van der Waals surface area contributed by atoms with Crippen LogP contribution in [-0.4, -0.2) is 5.78 Å². The Hall–Kier alpha value is -1.00. The summed E-state index contributed by atoms with van der Waals surface area (Å²) in [5, 5.41) is 1.82. The minimum Gasteiger partial charge on any atom is -0.288 e. The van der Waals surface area contributed by atoms with Crippen LogP contribution in [0.2, 0.25) is 0 Å². The molecule has 0 radical (unpaired) electrons. The first-order valence-electron chi connectivity index (χ1n) is 4.22. The van der Waals surface area contributed by atoms with Crippen molar-refractivity contribution in [2.45, 2.75) is 0 Å². The monoisotopic (exact) mass is 284 g/mol. The van der Waals surface area contributed by atoms with Crippen LogP contribution in [-0.2, 0) is 0 Å². The largest absolute Gasteiger partial charge is 0.288 e. The minimum atomic E-state index is -0.419. The van der Waals surface area contributed by atoms with E-state index in [-0.39, 0.29) is 10.3 Å². The van der Waals surface area contributed by atoms with Gasteiger partial charge >= 0.3 is 0 Å². The summed E-state index contributed by atoms with van der Waals surface area (Å²) in [5.74, 6) is -0.575. The van der Waals surface area contributed by atoms with Crippen molar-refractivity contribution in [2.24, 2.45) is 0 Å². The summed E-state index contributed by atoms with van der Waals surface area (Å²) in [6, 6.07) is 7.97. The minimum absolute atomic E-state index is 0.156. The molecule has 0 bridgehead atoms. The molecule has 4 heteroatoms. The number of benzene rings is 1. The number of hydrogen-bond acceptors (Lipinski definition) is 2. The smallest absolute Gasteiger partial charge is 0.204 e. The zero-order valence-electron chi connectivity index (χ0n) is 7.54. The highest BCUT2D eigenvalue weighted by Gasteiger charge is 2.15. The van der Waals surface area contributed by atoms with Crippen molar-refractivity contribution in [3.8, 4) is 0 Å². The first-order valence-corrected chi connectivity index (χ1v) is 5.89. The summed E-state index contributed by atoms with van der Waals surface area (Å²) in [6.45, 7) is 0. The second-order valence-corrected chi connectivity index (χ2v) is 4.65. The topological polar surface area (TPSA) is 17.1 Å². The zero-order valence-corrected chi connectivity index (χ0v) is 9.94. The number of hydrogen-bond donors (Lipinski definition) is 0. The maximum absolute atomic E-state index is 13.2. The quantitative estimate of drug-likeness (QED) is 0.765. The molecule has 1 aromatic carbocycles. The number of rotatable bonds is 2. The van der Waals surface area contributed by atoms with Crippen molar-refractivity contribution in [2.75, 3.05) is 0 Å². The van der Waals surface area contributed by atoms with Gasteiger partial charge in [-0.25, -0.2) is 4.39 Å². The Morgan fingerprint density at radius 1 is 1.27 bits per heavy atom. The predicted molar refractivity (Wildman–Crippen MR) is 61.9 cm³/mol. The predicted octanol–water partition coefficient (Wildman–Crippen LogP) is 3.88. The third kappa shape index (κ3) is 2.01. The molecular weight excluding hydrogens is 279 g/mol. The van der Waals surface area contributed by atoms with Crippen molar-refractivity contribution in [3.63, 3.8) is 0 Å². The first kappa shape index (κ1) is 10.5. The summed E-state index contributed by atoms with van der Waals surface area (Å²) in [7, 11) is 0. The molecule has 0 N–H and O–H groups in total. The average molecular weight is 285 g/mol. The summed E-state index contributed by atoms with van der Waals surface area (Å²) >= 11 is 4.42. The fraction of sp³-hybridized carbons (Fsp3) is 0. The van der Waals surface area contributed by atoms with Crippen LogP contribution in [0.3, 0.4) is 0 Å². The van der Waals surface area contributed by atoms with Crippen molar-refractivity contribution in [1.29, 1.82) is 0 Å². The normalized spacial score (nSPS) is 10.3. The van der Waals surface area contributed by atoms with Crippen LogP contribution in [0.5, 0.6) is 0 Å². The maximum atomic E-state index is 13.2. The van der Waals surface area contributed by atoms with Crippen molar-refractivity contribution in [3.05, 3.63) is 56.4 Å². The van der Waals surface area contributed by atoms with Crippen molar-refractivity contribution >= 4 is 33.0 Å². The Morgan fingerprint density at radius 3 is 2.73 bits per heavy atom.